The van der Waals surface area contributed by atoms with Gasteiger partial charge in [0, 0.05) is 35.4 Å². The first-order valence-corrected chi connectivity index (χ1v) is 10.1. The number of hydrogen-bond donors (Lipinski definition) is 2. The minimum absolute atomic E-state index is 0.286. The van der Waals surface area contributed by atoms with E-state index in [2.05, 4.69) is 31.1 Å². The van der Waals surface area contributed by atoms with Crippen LogP contribution in [0.4, 0.5) is 11.4 Å². The third-order valence-electron chi connectivity index (χ3n) is 4.71. The molecule has 29 heavy (non-hydrogen) atoms. The van der Waals surface area contributed by atoms with E-state index >= 15 is 0 Å². The van der Waals surface area contributed by atoms with Gasteiger partial charge < -0.3 is 24.7 Å². The summed E-state index contributed by atoms with van der Waals surface area (Å²) in [5, 5.41) is 3.62. The number of aromatic nitrogens is 1. The van der Waals surface area contributed by atoms with Crippen LogP contribution in [0.5, 0.6) is 0 Å². The monoisotopic (exact) mass is 457 g/mol. The molecule has 0 bridgehead atoms. The van der Waals surface area contributed by atoms with Crippen molar-refractivity contribution < 1.29 is 19.1 Å². The zero-order chi connectivity index (χ0) is 20.2. The number of carbonyl (C=O) groups excluding carboxylic acids is 2. The topological polar surface area (TPSA) is 83.7 Å². The van der Waals surface area contributed by atoms with Crippen molar-refractivity contribution in [2.45, 2.75) is 0 Å². The van der Waals surface area contributed by atoms with Crippen LogP contribution in [-0.2, 0) is 14.3 Å². The number of benzene rings is 2. The van der Waals surface area contributed by atoms with Gasteiger partial charge in [0.25, 0.3) is 5.91 Å². The minimum Gasteiger partial charge on any atom is -0.451 e. The van der Waals surface area contributed by atoms with Gasteiger partial charge in [-0.1, -0.05) is 18.2 Å². The Balaban J connectivity index is 1.32. The van der Waals surface area contributed by atoms with Gasteiger partial charge in [0.2, 0.25) is 0 Å². The van der Waals surface area contributed by atoms with Crippen LogP contribution in [0.15, 0.2) is 53.0 Å². The molecule has 2 N–H and O–H groups in total. The molecular weight excluding hydrogens is 438 g/mol. The van der Waals surface area contributed by atoms with E-state index in [9.17, 15) is 9.59 Å². The number of H-pyrrole nitrogens is 1. The molecule has 1 saturated heterocycles. The van der Waals surface area contributed by atoms with Gasteiger partial charge in [-0.05, 0) is 46.3 Å². The van der Waals surface area contributed by atoms with E-state index in [4.69, 9.17) is 9.47 Å². The van der Waals surface area contributed by atoms with Crippen molar-refractivity contribution in [1.82, 2.24) is 4.98 Å². The van der Waals surface area contributed by atoms with Crippen molar-refractivity contribution >= 4 is 50.1 Å². The average Bonchev–Trinajstić information content (AvgIpc) is 3.10. The van der Waals surface area contributed by atoms with E-state index in [0.717, 1.165) is 42.9 Å². The normalized spacial score (nSPS) is 14.0. The predicted molar refractivity (Wildman–Crippen MR) is 114 cm³/mol. The fourth-order valence-electron chi connectivity index (χ4n) is 3.23. The molecule has 7 nitrogen and oxygen atoms in total. The number of morpholine rings is 1. The summed E-state index contributed by atoms with van der Waals surface area (Å²) >= 11 is 3.41. The zero-order valence-corrected chi connectivity index (χ0v) is 17.2. The van der Waals surface area contributed by atoms with Crippen molar-refractivity contribution in [2.75, 3.05) is 43.1 Å². The quantitative estimate of drug-likeness (QED) is 0.572. The Labute approximate surface area is 176 Å². The molecule has 1 aromatic heterocycles. The van der Waals surface area contributed by atoms with Gasteiger partial charge >= 0.3 is 5.97 Å². The van der Waals surface area contributed by atoms with E-state index < -0.39 is 11.9 Å². The summed E-state index contributed by atoms with van der Waals surface area (Å²) in [6.07, 6.45) is 0. The molecule has 0 aliphatic carbocycles. The summed E-state index contributed by atoms with van der Waals surface area (Å²) in [6, 6.07) is 15.1. The van der Waals surface area contributed by atoms with Crippen LogP contribution in [0.2, 0.25) is 0 Å². The van der Waals surface area contributed by atoms with E-state index in [1.165, 1.54) is 0 Å². The summed E-state index contributed by atoms with van der Waals surface area (Å²) in [6.45, 7) is 2.77. The lowest BCUT2D eigenvalue weighted by molar-refractivity contribution is -0.119. The molecule has 1 amide bonds. The molecule has 1 fully saturated rings. The highest BCUT2D eigenvalue weighted by Crippen LogP contribution is 2.28. The molecule has 0 saturated carbocycles. The third kappa shape index (κ3) is 4.44. The smallest absolute Gasteiger partial charge is 0.356 e. The lowest BCUT2D eigenvalue weighted by Gasteiger charge is -2.28. The Morgan fingerprint density at radius 1 is 1.10 bits per heavy atom. The minimum atomic E-state index is -0.592. The lowest BCUT2D eigenvalue weighted by Crippen LogP contribution is -2.36. The summed E-state index contributed by atoms with van der Waals surface area (Å²) in [5.41, 5.74) is 2.83. The molecule has 4 rings (SSSR count). The number of halogens is 1. The van der Waals surface area contributed by atoms with Gasteiger partial charge in [-0.2, -0.15) is 0 Å². The van der Waals surface area contributed by atoms with E-state index in [0.29, 0.717) is 10.2 Å². The van der Waals surface area contributed by atoms with Gasteiger partial charge in [0.15, 0.2) is 6.61 Å². The molecule has 0 spiro atoms. The Kier molecular flexibility index (Phi) is 5.82. The highest BCUT2D eigenvalue weighted by Gasteiger charge is 2.18. The number of nitrogens with one attached hydrogen (secondary N) is 2. The number of fused-ring (bicyclic) bond motifs is 1. The predicted octanol–water partition coefficient (Wildman–Crippen LogP) is 3.56. The molecule has 2 aromatic carbocycles. The summed E-state index contributed by atoms with van der Waals surface area (Å²) < 4.78 is 11.1. The summed E-state index contributed by atoms with van der Waals surface area (Å²) in [4.78, 5) is 29.7. The molecule has 0 unspecified atom stereocenters. The second-order valence-corrected chi connectivity index (χ2v) is 7.42. The first-order valence-electron chi connectivity index (χ1n) is 9.28. The maximum Gasteiger partial charge on any atom is 0.356 e. The molecule has 8 heteroatoms. The van der Waals surface area contributed by atoms with Gasteiger partial charge in [-0.15, -0.1) is 0 Å². The Morgan fingerprint density at radius 2 is 1.83 bits per heavy atom. The van der Waals surface area contributed by atoms with Gasteiger partial charge in [-0.25, -0.2) is 4.79 Å². The van der Waals surface area contributed by atoms with E-state index in [-0.39, 0.29) is 12.3 Å². The van der Waals surface area contributed by atoms with Crippen LogP contribution in [0.25, 0.3) is 10.9 Å². The highest BCUT2D eigenvalue weighted by atomic mass is 79.9. The largest absolute Gasteiger partial charge is 0.451 e. The molecule has 1 aliphatic heterocycles. The van der Waals surface area contributed by atoms with Crippen LogP contribution in [-0.4, -0.2) is 49.8 Å². The van der Waals surface area contributed by atoms with Crippen LogP contribution in [0.1, 0.15) is 10.5 Å². The number of hydrogen-bond acceptors (Lipinski definition) is 5. The number of para-hydroxylation sites is 1. The zero-order valence-electron chi connectivity index (χ0n) is 15.6. The SMILES string of the molecule is O=C(COC(=O)c1[nH]c2ccccc2c1Br)Nc1ccc(N2CCOCC2)cc1. The number of ether oxygens (including phenoxy) is 2. The number of rotatable bonds is 5. The van der Waals surface area contributed by atoms with Crippen molar-refractivity contribution in [3.8, 4) is 0 Å². The number of anilines is 2. The fourth-order valence-corrected chi connectivity index (χ4v) is 3.83. The van der Waals surface area contributed by atoms with Crippen LogP contribution in [0.3, 0.4) is 0 Å². The summed E-state index contributed by atoms with van der Waals surface area (Å²) in [7, 11) is 0. The lowest BCUT2D eigenvalue weighted by atomic mass is 10.2. The number of nitrogens with zero attached hydrogens (tertiary/aromatic N) is 1. The third-order valence-corrected chi connectivity index (χ3v) is 5.53. The van der Waals surface area contributed by atoms with Crippen LogP contribution < -0.4 is 10.2 Å². The second kappa shape index (κ2) is 8.67. The number of amides is 1. The van der Waals surface area contributed by atoms with Crippen molar-refractivity contribution in [2.24, 2.45) is 0 Å². The molecule has 3 aromatic rings. The van der Waals surface area contributed by atoms with Crippen molar-refractivity contribution in [3.05, 3.63) is 58.7 Å². The first kappa shape index (κ1) is 19.5. The maximum absolute atomic E-state index is 12.3. The van der Waals surface area contributed by atoms with Crippen molar-refractivity contribution in [1.29, 1.82) is 0 Å². The summed E-state index contributed by atoms with van der Waals surface area (Å²) in [5.74, 6) is -0.990. The second-order valence-electron chi connectivity index (χ2n) is 6.63. The number of aromatic amines is 1. The number of esters is 1. The average molecular weight is 458 g/mol. The molecule has 2 heterocycles. The van der Waals surface area contributed by atoms with Gasteiger partial charge in [-0.3, -0.25) is 4.79 Å². The first-order chi connectivity index (χ1) is 14.1. The fraction of sp³-hybridized carbons (Fsp3) is 0.238. The van der Waals surface area contributed by atoms with Gasteiger partial charge in [0.05, 0.1) is 17.7 Å². The molecule has 1 aliphatic rings. The Morgan fingerprint density at radius 3 is 2.55 bits per heavy atom. The van der Waals surface area contributed by atoms with E-state index in [1.54, 1.807) is 0 Å². The molecule has 0 atom stereocenters. The van der Waals surface area contributed by atoms with E-state index in [1.807, 2.05) is 48.5 Å². The molecule has 0 radical (unpaired) electrons. The highest BCUT2D eigenvalue weighted by molar-refractivity contribution is 9.10. The number of carbonyl (C=O) groups is 2. The molecule has 150 valence electrons. The van der Waals surface area contributed by atoms with Crippen molar-refractivity contribution in [3.63, 3.8) is 0 Å². The maximum atomic E-state index is 12.3. The standard InChI is InChI=1S/C21H20BrN3O4/c22-19-16-3-1-2-4-17(16)24-20(19)21(27)29-13-18(26)23-14-5-7-15(8-6-14)25-9-11-28-12-10-25/h1-8,24H,9-13H2,(H,23,26). The van der Waals surface area contributed by atoms with Crippen LogP contribution >= 0.6 is 15.9 Å². The Bertz CT molecular complexity index is 1030. The molecular formula is C21H20BrN3O4. The van der Waals surface area contributed by atoms with Crippen LogP contribution in [0, 0.1) is 0 Å². The Hall–Kier alpha value is -2.84. The van der Waals surface area contributed by atoms with Gasteiger partial charge in [0.1, 0.15) is 5.69 Å².